The lowest BCUT2D eigenvalue weighted by atomic mass is 10.2. The zero-order valence-corrected chi connectivity index (χ0v) is 11.0. The third-order valence-corrected chi connectivity index (χ3v) is 2.63. The number of nitrogens with one attached hydrogen (secondary N) is 1. The van der Waals surface area contributed by atoms with Gasteiger partial charge in [-0.2, -0.15) is 4.98 Å². The van der Waals surface area contributed by atoms with Crippen LogP contribution in [0.2, 0.25) is 0 Å². The zero-order chi connectivity index (χ0) is 13.5. The lowest BCUT2D eigenvalue weighted by Crippen LogP contribution is -2.10. The number of benzene rings is 1. The number of anilines is 1. The lowest BCUT2D eigenvalue weighted by molar-refractivity contribution is 0.298. The molecule has 0 bridgehead atoms. The molecule has 19 heavy (non-hydrogen) atoms. The summed E-state index contributed by atoms with van der Waals surface area (Å²) in [4.78, 5) is 8.72. The molecular weight excluding hydrogens is 240 g/mol. The van der Waals surface area contributed by atoms with E-state index in [-0.39, 0.29) is 0 Å². The monoisotopic (exact) mass is 258 g/mol. The maximum absolute atomic E-state index is 5.60. The van der Waals surface area contributed by atoms with Gasteiger partial charge in [-0.15, -0.1) is 0 Å². The van der Waals surface area contributed by atoms with E-state index >= 15 is 0 Å². The SMILES string of the molecule is CCCCOc1cc(NN)nc(-c2ccccc2)n1. The van der Waals surface area contributed by atoms with Gasteiger partial charge < -0.3 is 10.2 Å². The highest BCUT2D eigenvalue weighted by Gasteiger charge is 2.06. The van der Waals surface area contributed by atoms with Crippen molar-refractivity contribution in [2.45, 2.75) is 19.8 Å². The minimum absolute atomic E-state index is 0.537. The Morgan fingerprint density at radius 2 is 2.00 bits per heavy atom. The van der Waals surface area contributed by atoms with Crippen LogP contribution in [0.5, 0.6) is 5.88 Å². The number of hydrogen-bond acceptors (Lipinski definition) is 5. The predicted molar refractivity (Wildman–Crippen MR) is 75.7 cm³/mol. The van der Waals surface area contributed by atoms with Gasteiger partial charge in [0.1, 0.15) is 5.82 Å². The summed E-state index contributed by atoms with van der Waals surface area (Å²) in [5.74, 6) is 7.10. The number of hydrogen-bond donors (Lipinski definition) is 2. The van der Waals surface area contributed by atoms with E-state index in [1.807, 2.05) is 30.3 Å². The molecule has 100 valence electrons. The van der Waals surface area contributed by atoms with E-state index in [9.17, 15) is 0 Å². The van der Waals surface area contributed by atoms with Gasteiger partial charge in [-0.3, -0.25) is 0 Å². The third kappa shape index (κ3) is 3.66. The number of nitrogen functional groups attached to an aromatic ring is 1. The fraction of sp³-hybridized carbons (Fsp3) is 0.286. The van der Waals surface area contributed by atoms with Crippen molar-refractivity contribution in [1.29, 1.82) is 0 Å². The average Bonchev–Trinajstić information content (AvgIpc) is 2.48. The second kappa shape index (κ2) is 6.70. The van der Waals surface area contributed by atoms with Crippen LogP contribution >= 0.6 is 0 Å². The Morgan fingerprint density at radius 1 is 1.21 bits per heavy atom. The highest BCUT2D eigenvalue weighted by molar-refractivity contribution is 5.57. The van der Waals surface area contributed by atoms with Crippen molar-refractivity contribution in [3.8, 4) is 17.3 Å². The molecule has 1 heterocycles. The summed E-state index contributed by atoms with van der Waals surface area (Å²) in [6.07, 6.45) is 2.08. The zero-order valence-electron chi connectivity index (χ0n) is 11.0. The van der Waals surface area contributed by atoms with Crippen LogP contribution in [0.25, 0.3) is 11.4 Å². The second-order valence-electron chi connectivity index (χ2n) is 4.13. The third-order valence-electron chi connectivity index (χ3n) is 2.63. The van der Waals surface area contributed by atoms with Gasteiger partial charge in [-0.25, -0.2) is 10.8 Å². The van der Waals surface area contributed by atoms with E-state index in [1.165, 1.54) is 0 Å². The molecule has 2 aromatic rings. The Hall–Kier alpha value is -2.14. The standard InChI is InChI=1S/C14H18N4O/c1-2-3-9-19-13-10-12(18-15)16-14(17-13)11-7-5-4-6-8-11/h4-8,10H,2-3,9,15H2,1H3,(H,16,17,18). The molecule has 1 aromatic heterocycles. The van der Waals surface area contributed by atoms with Gasteiger partial charge in [0.15, 0.2) is 5.82 Å². The first-order valence-corrected chi connectivity index (χ1v) is 6.37. The number of unbranched alkanes of at least 4 members (excludes halogenated alkanes) is 1. The van der Waals surface area contributed by atoms with Crippen molar-refractivity contribution in [3.63, 3.8) is 0 Å². The molecule has 2 rings (SSSR count). The molecule has 0 aliphatic carbocycles. The number of hydrazine groups is 1. The molecule has 0 unspecified atom stereocenters. The summed E-state index contributed by atoms with van der Waals surface area (Å²) in [5.41, 5.74) is 3.47. The van der Waals surface area contributed by atoms with Gasteiger partial charge in [-0.1, -0.05) is 43.7 Å². The Bertz CT molecular complexity index is 516. The van der Waals surface area contributed by atoms with Crippen LogP contribution in [-0.4, -0.2) is 16.6 Å². The summed E-state index contributed by atoms with van der Waals surface area (Å²) in [6, 6.07) is 11.4. The summed E-state index contributed by atoms with van der Waals surface area (Å²) >= 11 is 0. The Morgan fingerprint density at radius 3 is 2.68 bits per heavy atom. The molecule has 3 N–H and O–H groups in total. The normalized spacial score (nSPS) is 10.2. The molecular formula is C14H18N4O. The smallest absolute Gasteiger partial charge is 0.219 e. The van der Waals surface area contributed by atoms with Crippen molar-refractivity contribution in [2.24, 2.45) is 5.84 Å². The molecule has 0 atom stereocenters. The molecule has 1 aromatic carbocycles. The van der Waals surface area contributed by atoms with E-state index in [2.05, 4.69) is 22.3 Å². The first kappa shape index (κ1) is 13.3. The van der Waals surface area contributed by atoms with Crippen molar-refractivity contribution in [1.82, 2.24) is 9.97 Å². The second-order valence-corrected chi connectivity index (χ2v) is 4.13. The molecule has 0 saturated heterocycles. The minimum Gasteiger partial charge on any atom is -0.478 e. The van der Waals surface area contributed by atoms with Gasteiger partial charge in [0.05, 0.1) is 6.61 Å². The van der Waals surface area contributed by atoms with Crippen molar-refractivity contribution < 1.29 is 4.74 Å². The van der Waals surface area contributed by atoms with E-state index in [0.29, 0.717) is 24.1 Å². The molecule has 0 fully saturated rings. The largest absolute Gasteiger partial charge is 0.478 e. The number of aromatic nitrogens is 2. The minimum atomic E-state index is 0.537. The van der Waals surface area contributed by atoms with E-state index in [4.69, 9.17) is 10.6 Å². The number of nitrogens with two attached hydrogens (primary N) is 1. The van der Waals surface area contributed by atoms with Crippen LogP contribution in [0.4, 0.5) is 5.82 Å². The van der Waals surface area contributed by atoms with Crippen LogP contribution in [0.3, 0.4) is 0 Å². The highest BCUT2D eigenvalue weighted by atomic mass is 16.5. The van der Waals surface area contributed by atoms with Gasteiger partial charge in [0, 0.05) is 11.6 Å². The van der Waals surface area contributed by atoms with Gasteiger partial charge in [0.2, 0.25) is 5.88 Å². The fourth-order valence-electron chi connectivity index (χ4n) is 1.61. The molecule has 5 heteroatoms. The first-order valence-electron chi connectivity index (χ1n) is 6.37. The number of nitrogens with zero attached hydrogens (tertiary/aromatic N) is 2. The first-order chi connectivity index (χ1) is 9.33. The van der Waals surface area contributed by atoms with Gasteiger partial charge >= 0.3 is 0 Å². The maximum atomic E-state index is 5.60. The molecule has 5 nitrogen and oxygen atoms in total. The summed E-state index contributed by atoms with van der Waals surface area (Å²) < 4.78 is 5.60. The average molecular weight is 258 g/mol. The molecule has 0 aliphatic heterocycles. The van der Waals surface area contributed by atoms with E-state index in [1.54, 1.807) is 6.07 Å². The fourth-order valence-corrected chi connectivity index (χ4v) is 1.61. The maximum Gasteiger partial charge on any atom is 0.219 e. The molecule has 0 spiro atoms. The van der Waals surface area contributed by atoms with Crippen LogP contribution in [0, 0.1) is 0 Å². The van der Waals surface area contributed by atoms with E-state index in [0.717, 1.165) is 18.4 Å². The van der Waals surface area contributed by atoms with Crippen LogP contribution < -0.4 is 16.0 Å². The summed E-state index contributed by atoms with van der Waals surface area (Å²) in [5, 5.41) is 0. The van der Waals surface area contributed by atoms with Crippen molar-refractivity contribution in [3.05, 3.63) is 36.4 Å². The molecule has 0 saturated carbocycles. The Labute approximate surface area is 112 Å². The number of rotatable bonds is 6. The predicted octanol–water partition coefficient (Wildman–Crippen LogP) is 2.61. The van der Waals surface area contributed by atoms with Gasteiger partial charge in [-0.05, 0) is 6.42 Å². The van der Waals surface area contributed by atoms with Crippen LogP contribution in [-0.2, 0) is 0 Å². The topological polar surface area (TPSA) is 73.1 Å². The van der Waals surface area contributed by atoms with Crippen molar-refractivity contribution in [2.75, 3.05) is 12.0 Å². The number of ether oxygens (including phenoxy) is 1. The molecule has 0 amide bonds. The van der Waals surface area contributed by atoms with Crippen LogP contribution in [0.15, 0.2) is 36.4 Å². The van der Waals surface area contributed by atoms with E-state index < -0.39 is 0 Å². The van der Waals surface area contributed by atoms with Crippen molar-refractivity contribution >= 4 is 5.82 Å². The quantitative estimate of drug-likeness (QED) is 0.473. The molecule has 0 aliphatic rings. The summed E-state index contributed by atoms with van der Waals surface area (Å²) in [6.45, 7) is 2.76. The summed E-state index contributed by atoms with van der Waals surface area (Å²) in [7, 11) is 0. The van der Waals surface area contributed by atoms with Gasteiger partial charge in [0.25, 0.3) is 0 Å². The highest BCUT2D eigenvalue weighted by Crippen LogP contribution is 2.20. The lowest BCUT2D eigenvalue weighted by Gasteiger charge is -2.09. The Kier molecular flexibility index (Phi) is 4.69. The van der Waals surface area contributed by atoms with Crippen LogP contribution in [0.1, 0.15) is 19.8 Å². The Balaban J connectivity index is 2.26. The molecule has 0 radical (unpaired) electrons.